The summed E-state index contributed by atoms with van der Waals surface area (Å²) >= 11 is 5.90. The zero-order chi connectivity index (χ0) is 15.1. The number of halogens is 1. The van der Waals surface area contributed by atoms with Gasteiger partial charge in [-0.05, 0) is 12.1 Å². The molecule has 0 aliphatic rings. The standard InChI is InChI=1S/C13H14ClNO5/c1-18-11-6-8(4-5-9(11)14)15-10(13(17)20-3)7-12(16)19-2/h4-7,15H,1-3H3/b10-7+. The van der Waals surface area contributed by atoms with E-state index in [9.17, 15) is 9.59 Å². The Hall–Kier alpha value is -2.21. The molecular formula is C13H14ClNO5. The molecule has 20 heavy (non-hydrogen) atoms. The van der Waals surface area contributed by atoms with Gasteiger partial charge in [-0.1, -0.05) is 11.6 Å². The van der Waals surface area contributed by atoms with Gasteiger partial charge >= 0.3 is 11.9 Å². The van der Waals surface area contributed by atoms with Crippen molar-refractivity contribution < 1.29 is 23.8 Å². The first kappa shape index (κ1) is 15.8. The molecule has 0 aromatic heterocycles. The number of hydrogen-bond donors (Lipinski definition) is 1. The molecule has 1 aromatic rings. The summed E-state index contributed by atoms with van der Waals surface area (Å²) in [6.07, 6.45) is 0.993. The van der Waals surface area contributed by atoms with Crippen LogP contribution in [0.25, 0.3) is 0 Å². The highest BCUT2D eigenvalue weighted by Crippen LogP contribution is 2.28. The third kappa shape index (κ3) is 4.17. The van der Waals surface area contributed by atoms with Crippen molar-refractivity contribution >= 4 is 29.2 Å². The van der Waals surface area contributed by atoms with Gasteiger partial charge in [0, 0.05) is 11.8 Å². The minimum Gasteiger partial charge on any atom is -0.495 e. The molecule has 7 heteroatoms. The molecule has 0 saturated heterocycles. The maximum absolute atomic E-state index is 11.6. The van der Waals surface area contributed by atoms with Gasteiger partial charge in [0.15, 0.2) is 0 Å². The molecule has 1 rings (SSSR count). The number of esters is 2. The van der Waals surface area contributed by atoms with E-state index >= 15 is 0 Å². The Labute approximate surface area is 121 Å². The second-order valence-electron chi connectivity index (χ2n) is 3.55. The van der Waals surface area contributed by atoms with Crippen LogP contribution in [0.1, 0.15) is 0 Å². The van der Waals surface area contributed by atoms with Crippen LogP contribution in [0, 0.1) is 0 Å². The van der Waals surface area contributed by atoms with E-state index in [0.29, 0.717) is 16.5 Å². The maximum atomic E-state index is 11.6. The normalized spacial score (nSPS) is 10.7. The van der Waals surface area contributed by atoms with Crippen molar-refractivity contribution in [3.63, 3.8) is 0 Å². The Morgan fingerprint density at radius 2 is 1.90 bits per heavy atom. The van der Waals surface area contributed by atoms with Crippen LogP contribution in [-0.2, 0) is 19.1 Å². The first-order valence-electron chi connectivity index (χ1n) is 5.50. The van der Waals surface area contributed by atoms with Crippen LogP contribution < -0.4 is 10.1 Å². The number of anilines is 1. The largest absolute Gasteiger partial charge is 0.495 e. The summed E-state index contributed by atoms with van der Waals surface area (Å²) < 4.78 is 14.1. The van der Waals surface area contributed by atoms with Crippen LogP contribution in [0.4, 0.5) is 5.69 Å². The fourth-order valence-electron chi connectivity index (χ4n) is 1.33. The lowest BCUT2D eigenvalue weighted by Gasteiger charge is -2.11. The predicted molar refractivity (Wildman–Crippen MR) is 73.7 cm³/mol. The fourth-order valence-corrected chi connectivity index (χ4v) is 1.52. The first-order chi connectivity index (χ1) is 9.51. The van der Waals surface area contributed by atoms with Gasteiger partial charge in [0.05, 0.1) is 32.4 Å². The fraction of sp³-hybridized carbons (Fsp3) is 0.231. The van der Waals surface area contributed by atoms with E-state index in [-0.39, 0.29) is 5.70 Å². The summed E-state index contributed by atoms with van der Waals surface area (Å²) in [4.78, 5) is 22.8. The van der Waals surface area contributed by atoms with E-state index in [1.54, 1.807) is 18.2 Å². The van der Waals surface area contributed by atoms with E-state index in [2.05, 4.69) is 14.8 Å². The van der Waals surface area contributed by atoms with Crippen LogP contribution in [0.5, 0.6) is 5.75 Å². The van der Waals surface area contributed by atoms with Crippen molar-refractivity contribution in [1.29, 1.82) is 0 Å². The number of ether oxygens (including phenoxy) is 3. The van der Waals surface area contributed by atoms with Gasteiger partial charge in [-0.15, -0.1) is 0 Å². The Morgan fingerprint density at radius 3 is 2.45 bits per heavy atom. The van der Waals surface area contributed by atoms with E-state index < -0.39 is 11.9 Å². The summed E-state index contributed by atoms with van der Waals surface area (Å²) in [6.45, 7) is 0. The Bertz CT molecular complexity index is 542. The molecule has 0 heterocycles. The van der Waals surface area contributed by atoms with Crippen LogP contribution in [0.2, 0.25) is 5.02 Å². The van der Waals surface area contributed by atoms with Crippen LogP contribution in [0.15, 0.2) is 30.0 Å². The smallest absolute Gasteiger partial charge is 0.354 e. The number of rotatable bonds is 5. The zero-order valence-electron chi connectivity index (χ0n) is 11.2. The minimum atomic E-state index is -0.704. The van der Waals surface area contributed by atoms with E-state index in [1.165, 1.54) is 21.3 Å². The number of carbonyl (C=O) groups is 2. The van der Waals surface area contributed by atoms with E-state index in [1.807, 2.05) is 0 Å². The highest BCUT2D eigenvalue weighted by Gasteiger charge is 2.13. The van der Waals surface area contributed by atoms with E-state index in [4.69, 9.17) is 16.3 Å². The molecule has 0 radical (unpaired) electrons. The maximum Gasteiger partial charge on any atom is 0.354 e. The number of methoxy groups -OCH3 is 3. The summed E-state index contributed by atoms with van der Waals surface area (Å²) in [7, 11) is 3.88. The molecule has 0 spiro atoms. The molecule has 0 unspecified atom stereocenters. The molecular weight excluding hydrogens is 286 g/mol. The van der Waals surface area contributed by atoms with Gasteiger partial charge in [-0.2, -0.15) is 0 Å². The number of benzene rings is 1. The van der Waals surface area contributed by atoms with E-state index in [0.717, 1.165) is 6.08 Å². The van der Waals surface area contributed by atoms with Gasteiger partial charge < -0.3 is 19.5 Å². The predicted octanol–water partition coefficient (Wildman–Crippen LogP) is 1.99. The Kier molecular flexibility index (Phi) is 5.86. The molecule has 0 fully saturated rings. The molecule has 0 amide bonds. The highest BCUT2D eigenvalue weighted by molar-refractivity contribution is 6.32. The third-order valence-corrected chi connectivity index (χ3v) is 2.61. The SMILES string of the molecule is COC(=O)/C=C(/Nc1ccc(Cl)c(OC)c1)C(=O)OC. The topological polar surface area (TPSA) is 73.9 Å². The summed E-state index contributed by atoms with van der Waals surface area (Å²) in [6, 6.07) is 4.80. The van der Waals surface area contributed by atoms with Gasteiger partial charge in [-0.3, -0.25) is 0 Å². The summed E-state index contributed by atoms with van der Waals surface area (Å²) in [5, 5.41) is 3.17. The quantitative estimate of drug-likeness (QED) is 0.662. The Morgan fingerprint density at radius 1 is 1.20 bits per heavy atom. The average Bonchev–Trinajstić information content (AvgIpc) is 2.47. The molecule has 0 atom stereocenters. The molecule has 1 N–H and O–H groups in total. The van der Waals surface area contributed by atoms with Crippen molar-refractivity contribution in [2.24, 2.45) is 0 Å². The second kappa shape index (κ2) is 7.40. The monoisotopic (exact) mass is 299 g/mol. The molecule has 0 saturated carbocycles. The van der Waals surface area contributed by atoms with Crippen LogP contribution >= 0.6 is 11.6 Å². The van der Waals surface area contributed by atoms with Crippen LogP contribution in [-0.4, -0.2) is 33.3 Å². The molecule has 0 aliphatic carbocycles. The number of hydrogen-bond acceptors (Lipinski definition) is 6. The van der Waals surface area contributed by atoms with Crippen molar-refractivity contribution in [3.05, 3.63) is 35.0 Å². The average molecular weight is 300 g/mol. The number of nitrogens with one attached hydrogen (secondary N) is 1. The summed E-state index contributed by atoms with van der Waals surface area (Å²) in [5.41, 5.74) is 0.440. The molecule has 0 bridgehead atoms. The third-order valence-electron chi connectivity index (χ3n) is 2.30. The first-order valence-corrected chi connectivity index (χ1v) is 5.88. The summed E-state index contributed by atoms with van der Waals surface area (Å²) in [5.74, 6) is -0.956. The minimum absolute atomic E-state index is 0.0660. The van der Waals surface area contributed by atoms with Crippen molar-refractivity contribution in [2.75, 3.05) is 26.6 Å². The molecule has 6 nitrogen and oxygen atoms in total. The lowest BCUT2D eigenvalue weighted by atomic mass is 10.2. The Balaban J connectivity index is 3.04. The van der Waals surface area contributed by atoms with Gasteiger partial charge in [-0.25, -0.2) is 9.59 Å². The van der Waals surface area contributed by atoms with Gasteiger partial charge in [0.2, 0.25) is 0 Å². The number of carbonyl (C=O) groups excluding carboxylic acids is 2. The molecule has 1 aromatic carbocycles. The second-order valence-corrected chi connectivity index (χ2v) is 3.95. The lowest BCUT2D eigenvalue weighted by Crippen LogP contribution is -2.15. The van der Waals surface area contributed by atoms with Crippen molar-refractivity contribution in [3.8, 4) is 5.75 Å². The van der Waals surface area contributed by atoms with Crippen LogP contribution in [0.3, 0.4) is 0 Å². The van der Waals surface area contributed by atoms with Gasteiger partial charge in [0.25, 0.3) is 0 Å². The van der Waals surface area contributed by atoms with Crippen molar-refractivity contribution in [1.82, 2.24) is 0 Å². The zero-order valence-corrected chi connectivity index (χ0v) is 12.0. The van der Waals surface area contributed by atoms with Crippen molar-refractivity contribution in [2.45, 2.75) is 0 Å². The lowest BCUT2D eigenvalue weighted by molar-refractivity contribution is -0.138. The molecule has 108 valence electrons. The van der Waals surface area contributed by atoms with Gasteiger partial charge in [0.1, 0.15) is 11.4 Å². The highest BCUT2D eigenvalue weighted by atomic mass is 35.5. The molecule has 0 aliphatic heterocycles.